The standard InChI is InChI=1S/C37H36BrClN2O6S/c1-7-11-24-16-23(17-30(45-8-2)34(24)46-20-25-12-9-10-13-28(25)39)18-31-35(42)41-33(27-19-26(38)14-15-29(27)44-6)32(36(43)47-21(3)4)22(5)40-37(41)48-31/h7,9-10,12-19,21,33H,1,8,11,20H2,2-6H3/b31-18-/t33-/m0/s1. The normalized spacial score (nSPS) is 14.4. The zero-order valence-corrected chi connectivity index (χ0v) is 30.5. The van der Waals surface area contributed by atoms with Crippen molar-refractivity contribution >= 4 is 50.9 Å². The topological polar surface area (TPSA) is 88.4 Å². The molecule has 2 heterocycles. The number of fused-ring (bicyclic) bond motifs is 1. The van der Waals surface area contributed by atoms with E-state index in [1.54, 1.807) is 50.7 Å². The third kappa shape index (κ3) is 7.46. The first-order chi connectivity index (χ1) is 23.1. The second-order valence-corrected chi connectivity index (χ2v) is 13.6. The highest BCUT2D eigenvalue weighted by Gasteiger charge is 2.35. The van der Waals surface area contributed by atoms with Gasteiger partial charge in [0.2, 0.25) is 0 Å². The lowest BCUT2D eigenvalue weighted by Crippen LogP contribution is -2.40. The lowest BCUT2D eigenvalue weighted by atomic mass is 9.95. The molecule has 0 saturated carbocycles. The SMILES string of the molecule is C=CCc1cc(/C=c2\sc3n(c2=O)[C@@H](c2cc(Br)ccc2OC)C(C(=O)OC(C)C)=C(C)N=3)cc(OCC)c1OCc1ccccc1Cl. The van der Waals surface area contributed by atoms with Gasteiger partial charge in [0.15, 0.2) is 16.3 Å². The first kappa shape index (κ1) is 35.2. The highest BCUT2D eigenvalue weighted by atomic mass is 79.9. The fourth-order valence-electron chi connectivity index (χ4n) is 5.49. The number of aromatic nitrogens is 1. The van der Waals surface area contributed by atoms with Crippen LogP contribution < -0.4 is 29.1 Å². The summed E-state index contributed by atoms with van der Waals surface area (Å²) in [6.45, 7) is 11.8. The van der Waals surface area contributed by atoms with Crippen molar-refractivity contribution in [2.75, 3.05) is 13.7 Å². The third-order valence-electron chi connectivity index (χ3n) is 7.52. The minimum absolute atomic E-state index is 0.252. The van der Waals surface area contributed by atoms with Crippen molar-refractivity contribution in [3.05, 3.63) is 130 Å². The fourth-order valence-corrected chi connectivity index (χ4v) is 7.11. The third-order valence-corrected chi connectivity index (χ3v) is 9.36. The number of allylic oxidation sites excluding steroid dienone is 2. The van der Waals surface area contributed by atoms with E-state index in [1.807, 2.05) is 55.5 Å². The van der Waals surface area contributed by atoms with Crippen molar-refractivity contribution in [2.45, 2.75) is 52.9 Å². The van der Waals surface area contributed by atoms with Gasteiger partial charge in [-0.2, -0.15) is 0 Å². The molecule has 4 aromatic rings. The molecule has 5 rings (SSSR count). The molecule has 0 saturated heterocycles. The Morgan fingerprint density at radius 3 is 2.58 bits per heavy atom. The van der Waals surface area contributed by atoms with Crippen molar-refractivity contribution in [3.8, 4) is 17.2 Å². The number of esters is 1. The van der Waals surface area contributed by atoms with E-state index in [0.29, 0.717) is 55.9 Å². The lowest BCUT2D eigenvalue weighted by Gasteiger charge is -2.26. The van der Waals surface area contributed by atoms with Gasteiger partial charge in [-0.05, 0) is 82.2 Å². The van der Waals surface area contributed by atoms with E-state index in [2.05, 4.69) is 22.5 Å². The average molecular weight is 752 g/mol. The molecule has 11 heteroatoms. The van der Waals surface area contributed by atoms with Gasteiger partial charge in [0.05, 0.1) is 35.6 Å². The van der Waals surface area contributed by atoms with Crippen LogP contribution in [0.25, 0.3) is 6.08 Å². The Hall–Kier alpha value is -4.12. The Morgan fingerprint density at radius 1 is 1.12 bits per heavy atom. The maximum Gasteiger partial charge on any atom is 0.338 e. The summed E-state index contributed by atoms with van der Waals surface area (Å²) in [5.41, 5.74) is 3.47. The maximum absolute atomic E-state index is 14.3. The molecule has 0 aliphatic carbocycles. The zero-order valence-electron chi connectivity index (χ0n) is 27.3. The number of hydrogen-bond donors (Lipinski definition) is 0. The van der Waals surface area contributed by atoms with Gasteiger partial charge in [0.1, 0.15) is 18.4 Å². The van der Waals surface area contributed by atoms with Crippen LogP contribution in [0.1, 0.15) is 56.0 Å². The monoisotopic (exact) mass is 750 g/mol. The Labute approximate surface area is 296 Å². The highest BCUT2D eigenvalue weighted by Crippen LogP contribution is 2.38. The average Bonchev–Trinajstić information content (AvgIpc) is 3.34. The molecule has 1 atom stereocenters. The Balaban J connectivity index is 1.67. The Kier molecular flexibility index (Phi) is 11.3. The molecule has 0 fully saturated rings. The van der Waals surface area contributed by atoms with Gasteiger partial charge >= 0.3 is 5.97 Å². The van der Waals surface area contributed by atoms with Crippen LogP contribution in [0.4, 0.5) is 0 Å². The van der Waals surface area contributed by atoms with Crippen LogP contribution in [0, 0.1) is 0 Å². The molecule has 0 radical (unpaired) electrons. The van der Waals surface area contributed by atoms with E-state index in [4.69, 9.17) is 35.5 Å². The fraction of sp³-hybridized carbons (Fsp3) is 0.270. The lowest BCUT2D eigenvalue weighted by molar-refractivity contribution is -0.143. The van der Waals surface area contributed by atoms with E-state index >= 15 is 0 Å². The van der Waals surface area contributed by atoms with Crippen molar-refractivity contribution < 1.29 is 23.7 Å². The van der Waals surface area contributed by atoms with E-state index in [9.17, 15) is 9.59 Å². The number of rotatable bonds is 12. The molecule has 0 amide bonds. The maximum atomic E-state index is 14.3. The summed E-state index contributed by atoms with van der Waals surface area (Å²) in [5, 5.41) is 0.613. The van der Waals surface area contributed by atoms with E-state index in [-0.39, 0.29) is 23.8 Å². The zero-order chi connectivity index (χ0) is 34.5. The molecule has 0 unspecified atom stereocenters. The smallest absolute Gasteiger partial charge is 0.338 e. The Bertz CT molecular complexity index is 2080. The van der Waals surface area contributed by atoms with Gasteiger partial charge in [0.25, 0.3) is 5.56 Å². The second-order valence-electron chi connectivity index (χ2n) is 11.2. The summed E-state index contributed by atoms with van der Waals surface area (Å²) in [6, 6.07) is 16.0. The van der Waals surface area contributed by atoms with Crippen LogP contribution in [0.5, 0.6) is 17.2 Å². The summed E-state index contributed by atoms with van der Waals surface area (Å²) in [4.78, 5) is 33.0. The summed E-state index contributed by atoms with van der Waals surface area (Å²) in [6.07, 6.45) is 3.73. The minimum Gasteiger partial charge on any atom is -0.496 e. The van der Waals surface area contributed by atoms with Gasteiger partial charge in [-0.1, -0.05) is 63.1 Å². The van der Waals surface area contributed by atoms with E-state index in [1.165, 1.54) is 11.3 Å². The molecule has 1 aromatic heterocycles. The molecular formula is C37H36BrClN2O6S. The molecule has 0 bridgehead atoms. The summed E-state index contributed by atoms with van der Waals surface area (Å²) < 4.78 is 26.4. The Morgan fingerprint density at radius 2 is 1.90 bits per heavy atom. The number of thiazole rings is 1. The predicted molar refractivity (Wildman–Crippen MR) is 193 cm³/mol. The molecule has 48 heavy (non-hydrogen) atoms. The highest BCUT2D eigenvalue weighted by molar-refractivity contribution is 9.10. The molecule has 250 valence electrons. The van der Waals surface area contributed by atoms with Crippen LogP contribution in [0.3, 0.4) is 0 Å². The predicted octanol–water partition coefficient (Wildman–Crippen LogP) is 7.32. The quantitative estimate of drug-likeness (QED) is 0.111. The molecule has 8 nitrogen and oxygen atoms in total. The number of nitrogens with zero attached hydrogens (tertiary/aromatic N) is 2. The number of hydrogen-bond acceptors (Lipinski definition) is 8. The molecule has 0 spiro atoms. The number of carbonyl (C=O) groups excluding carboxylic acids is 1. The molecule has 3 aromatic carbocycles. The summed E-state index contributed by atoms with van der Waals surface area (Å²) in [7, 11) is 1.55. The van der Waals surface area contributed by atoms with Gasteiger partial charge < -0.3 is 18.9 Å². The van der Waals surface area contributed by atoms with Crippen molar-refractivity contribution in [1.29, 1.82) is 0 Å². The molecule has 1 aliphatic rings. The van der Waals surface area contributed by atoms with Crippen LogP contribution in [-0.4, -0.2) is 30.4 Å². The minimum atomic E-state index is -0.835. The van der Waals surface area contributed by atoms with Crippen LogP contribution in [0.15, 0.2) is 92.8 Å². The summed E-state index contributed by atoms with van der Waals surface area (Å²) in [5.74, 6) is 1.09. The van der Waals surface area contributed by atoms with Crippen LogP contribution >= 0.6 is 38.9 Å². The van der Waals surface area contributed by atoms with Gasteiger partial charge in [-0.3, -0.25) is 9.36 Å². The van der Waals surface area contributed by atoms with E-state index in [0.717, 1.165) is 21.2 Å². The van der Waals surface area contributed by atoms with Crippen LogP contribution in [0.2, 0.25) is 5.02 Å². The number of benzene rings is 3. The van der Waals surface area contributed by atoms with Crippen molar-refractivity contribution in [2.24, 2.45) is 4.99 Å². The van der Waals surface area contributed by atoms with E-state index < -0.39 is 12.0 Å². The number of halogens is 2. The molecule has 1 aliphatic heterocycles. The number of carbonyl (C=O) groups is 1. The van der Waals surface area contributed by atoms with Gasteiger partial charge in [-0.15, -0.1) is 6.58 Å². The summed E-state index contributed by atoms with van der Waals surface area (Å²) >= 11 is 11.2. The molecular weight excluding hydrogens is 716 g/mol. The van der Waals surface area contributed by atoms with Gasteiger partial charge in [-0.25, -0.2) is 9.79 Å². The largest absolute Gasteiger partial charge is 0.496 e. The van der Waals surface area contributed by atoms with Crippen molar-refractivity contribution in [1.82, 2.24) is 4.57 Å². The number of methoxy groups -OCH3 is 1. The van der Waals surface area contributed by atoms with Crippen LogP contribution in [-0.2, 0) is 22.6 Å². The van der Waals surface area contributed by atoms with Crippen molar-refractivity contribution in [3.63, 3.8) is 0 Å². The molecule has 0 N–H and O–H groups in total. The second kappa shape index (κ2) is 15.4. The number of ether oxygens (including phenoxy) is 4. The first-order valence-electron chi connectivity index (χ1n) is 15.4. The first-order valence-corrected chi connectivity index (χ1v) is 17.4. The van der Waals surface area contributed by atoms with Gasteiger partial charge in [0, 0.05) is 26.2 Å².